The minimum atomic E-state index is -0.118. The van der Waals surface area contributed by atoms with Crippen LogP contribution in [0.25, 0.3) is 22.2 Å². The molecule has 3 aromatic rings. The summed E-state index contributed by atoms with van der Waals surface area (Å²) in [5.74, 6) is 0.180. The maximum atomic E-state index is 12.1. The Morgan fingerprint density at radius 2 is 2.04 bits per heavy atom. The summed E-state index contributed by atoms with van der Waals surface area (Å²) in [4.78, 5) is 19.4. The molecule has 2 aromatic heterocycles. The standard InChI is InChI=1S/C19H18N4O/c1-11(2)12-4-13(6-14(5-12)19(24)21-3)15-7-17-16(8-20)10-23-18(17)22-9-15/h4-7,9-11H,1-3H3,(H,21,24)(H,22,23). The monoisotopic (exact) mass is 318 g/mol. The number of pyridine rings is 1. The Balaban J connectivity index is 2.19. The molecule has 0 unspecified atom stereocenters. The van der Waals surface area contributed by atoms with Gasteiger partial charge in [0.25, 0.3) is 5.91 Å². The number of carbonyl (C=O) groups excluding carboxylic acids is 1. The molecule has 5 heteroatoms. The number of rotatable bonds is 3. The molecule has 0 spiro atoms. The average Bonchev–Trinajstić information content (AvgIpc) is 3.02. The van der Waals surface area contributed by atoms with Gasteiger partial charge in [-0.05, 0) is 35.2 Å². The van der Waals surface area contributed by atoms with Crippen LogP contribution in [0.4, 0.5) is 0 Å². The molecule has 0 saturated heterocycles. The van der Waals surface area contributed by atoms with E-state index in [2.05, 4.69) is 41.3 Å². The van der Waals surface area contributed by atoms with E-state index in [1.165, 1.54) is 0 Å². The SMILES string of the molecule is CNC(=O)c1cc(-c2cnc3[nH]cc(C#N)c3c2)cc(C(C)C)c1. The summed E-state index contributed by atoms with van der Waals surface area (Å²) in [6, 6.07) is 9.93. The number of nitrogens with zero attached hydrogens (tertiary/aromatic N) is 2. The topological polar surface area (TPSA) is 81.6 Å². The fraction of sp³-hybridized carbons (Fsp3) is 0.211. The zero-order valence-electron chi connectivity index (χ0n) is 13.8. The van der Waals surface area contributed by atoms with Crippen LogP contribution in [0.2, 0.25) is 0 Å². The van der Waals surface area contributed by atoms with Crippen LogP contribution in [0.15, 0.2) is 36.7 Å². The highest BCUT2D eigenvalue weighted by atomic mass is 16.1. The van der Waals surface area contributed by atoms with E-state index in [0.29, 0.717) is 22.7 Å². The fourth-order valence-electron chi connectivity index (χ4n) is 2.68. The van der Waals surface area contributed by atoms with Gasteiger partial charge in [-0.15, -0.1) is 0 Å². The van der Waals surface area contributed by atoms with Crippen LogP contribution in [0, 0.1) is 11.3 Å². The lowest BCUT2D eigenvalue weighted by Crippen LogP contribution is -2.18. The number of hydrogen-bond donors (Lipinski definition) is 2. The summed E-state index contributed by atoms with van der Waals surface area (Å²) < 4.78 is 0. The molecule has 0 aliphatic rings. The number of H-pyrrole nitrogens is 1. The number of hydrogen-bond acceptors (Lipinski definition) is 3. The second kappa shape index (κ2) is 6.17. The predicted octanol–water partition coefficient (Wildman–Crippen LogP) is 3.58. The van der Waals surface area contributed by atoms with Crippen LogP contribution in [0.3, 0.4) is 0 Å². The average molecular weight is 318 g/mol. The van der Waals surface area contributed by atoms with E-state index in [9.17, 15) is 10.1 Å². The van der Waals surface area contributed by atoms with Crippen LogP contribution in [0.1, 0.15) is 41.3 Å². The van der Waals surface area contributed by atoms with Gasteiger partial charge in [0.1, 0.15) is 11.7 Å². The van der Waals surface area contributed by atoms with Gasteiger partial charge in [0.05, 0.1) is 5.56 Å². The molecule has 1 aromatic carbocycles. The van der Waals surface area contributed by atoms with Gasteiger partial charge >= 0.3 is 0 Å². The van der Waals surface area contributed by atoms with Crippen molar-refractivity contribution in [1.29, 1.82) is 5.26 Å². The molecule has 120 valence electrons. The normalized spacial score (nSPS) is 10.8. The third-order valence-electron chi connectivity index (χ3n) is 4.10. The molecule has 0 radical (unpaired) electrons. The highest BCUT2D eigenvalue weighted by Gasteiger charge is 2.12. The van der Waals surface area contributed by atoms with E-state index in [1.54, 1.807) is 19.4 Å². The van der Waals surface area contributed by atoms with E-state index in [4.69, 9.17) is 0 Å². The summed E-state index contributed by atoms with van der Waals surface area (Å²) in [6.07, 6.45) is 3.41. The van der Waals surface area contributed by atoms with Gasteiger partial charge in [-0.3, -0.25) is 4.79 Å². The highest BCUT2D eigenvalue weighted by molar-refractivity contribution is 5.96. The minimum absolute atomic E-state index is 0.118. The van der Waals surface area contributed by atoms with Crippen molar-refractivity contribution < 1.29 is 4.79 Å². The van der Waals surface area contributed by atoms with Crippen LogP contribution < -0.4 is 5.32 Å². The lowest BCUT2D eigenvalue weighted by Gasteiger charge is -2.12. The molecule has 0 atom stereocenters. The third-order valence-corrected chi connectivity index (χ3v) is 4.10. The molecule has 1 amide bonds. The maximum absolute atomic E-state index is 12.1. The molecule has 2 heterocycles. The zero-order valence-corrected chi connectivity index (χ0v) is 13.8. The molecule has 24 heavy (non-hydrogen) atoms. The second-order valence-electron chi connectivity index (χ2n) is 6.01. The Hall–Kier alpha value is -3.13. The molecule has 0 bridgehead atoms. The van der Waals surface area contributed by atoms with Crippen LogP contribution in [0.5, 0.6) is 0 Å². The molecule has 0 aliphatic carbocycles. The number of carbonyl (C=O) groups is 1. The van der Waals surface area contributed by atoms with Crippen LogP contribution >= 0.6 is 0 Å². The van der Waals surface area contributed by atoms with Crippen LogP contribution in [-0.2, 0) is 0 Å². The molecule has 0 saturated carbocycles. The van der Waals surface area contributed by atoms with Crippen molar-refractivity contribution in [2.45, 2.75) is 19.8 Å². The van der Waals surface area contributed by atoms with Crippen molar-refractivity contribution in [3.05, 3.63) is 53.3 Å². The molecule has 3 rings (SSSR count). The summed E-state index contributed by atoms with van der Waals surface area (Å²) in [6.45, 7) is 4.18. The largest absolute Gasteiger partial charge is 0.355 e. The first kappa shape index (κ1) is 15.8. The van der Waals surface area contributed by atoms with Crippen molar-refractivity contribution >= 4 is 16.9 Å². The van der Waals surface area contributed by atoms with Crippen molar-refractivity contribution in [3.8, 4) is 17.2 Å². The molecule has 0 aliphatic heterocycles. The number of benzene rings is 1. The summed E-state index contributed by atoms with van der Waals surface area (Å²) >= 11 is 0. The molecule has 0 fully saturated rings. The smallest absolute Gasteiger partial charge is 0.251 e. The quantitative estimate of drug-likeness (QED) is 0.774. The maximum Gasteiger partial charge on any atom is 0.251 e. The Kier molecular flexibility index (Phi) is 4.05. The van der Waals surface area contributed by atoms with Crippen molar-refractivity contribution in [2.75, 3.05) is 7.05 Å². The van der Waals surface area contributed by atoms with Gasteiger partial charge in [-0.2, -0.15) is 5.26 Å². The predicted molar refractivity (Wildman–Crippen MR) is 93.7 cm³/mol. The van der Waals surface area contributed by atoms with E-state index < -0.39 is 0 Å². The van der Waals surface area contributed by atoms with Gasteiger partial charge in [0.15, 0.2) is 0 Å². The first-order valence-electron chi connectivity index (χ1n) is 7.78. The Bertz CT molecular complexity index is 963. The summed E-state index contributed by atoms with van der Waals surface area (Å²) in [5, 5.41) is 12.7. The van der Waals surface area contributed by atoms with Gasteiger partial charge in [-0.25, -0.2) is 4.98 Å². The number of fused-ring (bicyclic) bond motifs is 1. The first-order chi connectivity index (χ1) is 11.5. The lowest BCUT2D eigenvalue weighted by molar-refractivity contribution is 0.0963. The van der Waals surface area contributed by atoms with Crippen molar-refractivity contribution in [1.82, 2.24) is 15.3 Å². The number of nitriles is 1. The summed E-state index contributed by atoms with van der Waals surface area (Å²) in [5.41, 5.74) is 4.74. The van der Waals surface area contributed by atoms with Gasteiger partial charge in [0, 0.05) is 36.0 Å². The number of aromatic nitrogens is 2. The van der Waals surface area contributed by atoms with E-state index in [0.717, 1.165) is 22.1 Å². The van der Waals surface area contributed by atoms with E-state index >= 15 is 0 Å². The summed E-state index contributed by atoms with van der Waals surface area (Å²) in [7, 11) is 1.62. The van der Waals surface area contributed by atoms with Gasteiger partial charge in [-0.1, -0.05) is 19.9 Å². The molecular formula is C19H18N4O. The van der Waals surface area contributed by atoms with Crippen molar-refractivity contribution in [2.24, 2.45) is 0 Å². The number of aromatic amines is 1. The zero-order chi connectivity index (χ0) is 17.3. The Morgan fingerprint density at radius 1 is 1.25 bits per heavy atom. The molecule has 5 nitrogen and oxygen atoms in total. The molecular weight excluding hydrogens is 300 g/mol. The van der Waals surface area contributed by atoms with Gasteiger partial charge in [0.2, 0.25) is 0 Å². The Morgan fingerprint density at radius 3 is 2.71 bits per heavy atom. The van der Waals surface area contributed by atoms with E-state index in [-0.39, 0.29) is 5.91 Å². The van der Waals surface area contributed by atoms with Crippen LogP contribution in [-0.4, -0.2) is 22.9 Å². The number of amides is 1. The Labute approximate surface area is 140 Å². The second-order valence-corrected chi connectivity index (χ2v) is 6.01. The van der Waals surface area contributed by atoms with E-state index in [1.807, 2.05) is 18.2 Å². The minimum Gasteiger partial charge on any atom is -0.355 e. The highest BCUT2D eigenvalue weighted by Crippen LogP contribution is 2.28. The van der Waals surface area contributed by atoms with Crippen molar-refractivity contribution in [3.63, 3.8) is 0 Å². The third kappa shape index (κ3) is 2.74. The van der Waals surface area contributed by atoms with Gasteiger partial charge < -0.3 is 10.3 Å². The lowest BCUT2D eigenvalue weighted by atomic mass is 9.94. The first-order valence-corrected chi connectivity index (χ1v) is 7.78. The number of nitrogens with one attached hydrogen (secondary N) is 2. The molecule has 2 N–H and O–H groups in total. The fourth-order valence-corrected chi connectivity index (χ4v) is 2.68.